The third-order valence-corrected chi connectivity index (χ3v) is 5.74. The first-order chi connectivity index (χ1) is 16.1. The number of amides is 1. The molecule has 3 aromatic carbocycles. The van der Waals surface area contributed by atoms with Gasteiger partial charge in [-0.3, -0.25) is 4.79 Å². The van der Waals surface area contributed by atoms with E-state index in [9.17, 15) is 18.0 Å². The predicted octanol–water partition coefficient (Wildman–Crippen LogP) is 6.92. The smallest absolute Gasteiger partial charge is 0.416 e. The van der Waals surface area contributed by atoms with E-state index in [2.05, 4.69) is 0 Å². The number of fused-ring (bicyclic) bond motifs is 1. The topological polar surface area (TPSA) is 38.8 Å². The van der Waals surface area contributed by atoms with Crippen LogP contribution in [0.1, 0.15) is 46.9 Å². The van der Waals surface area contributed by atoms with Gasteiger partial charge in [0.1, 0.15) is 18.1 Å². The van der Waals surface area contributed by atoms with Crippen molar-refractivity contribution < 1.29 is 27.4 Å². The second-order valence-corrected chi connectivity index (χ2v) is 8.76. The van der Waals surface area contributed by atoms with Crippen LogP contribution in [0.4, 0.5) is 13.2 Å². The SMILES string of the molecule is CC(C)Oc1ccc(C(COc2ccc(C(F)(F)F)cc2)N2Cc3ccc(Cl)cc3C2=O)cc1. The lowest BCUT2D eigenvalue weighted by molar-refractivity contribution is -0.137. The van der Waals surface area contributed by atoms with Gasteiger partial charge in [0.25, 0.3) is 5.91 Å². The molecule has 178 valence electrons. The summed E-state index contributed by atoms with van der Waals surface area (Å²) in [7, 11) is 0. The molecule has 0 radical (unpaired) electrons. The third-order valence-electron chi connectivity index (χ3n) is 5.51. The fraction of sp³-hybridized carbons (Fsp3) is 0.269. The Hall–Kier alpha value is -3.19. The van der Waals surface area contributed by atoms with E-state index in [-0.39, 0.29) is 24.4 Å². The molecule has 1 atom stereocenters. The second kappa shape index (κ2) is 9.58. The molecule has 0 bridgehead atoms. The quantitative estimate of drug-likeness (QED) is 0.361. The van der Waals surface area contributed by atoms with Gasteiger partial charge in [-0.25, -0.2) is 0 Å². The van der Waals surface area contributed by atoms with E-state index in [1.165, 1.54) is 12.1 Å². The molecule has 0 aromatic heterocycles. The van der Waals surface area contributed by atoms with Gasteiger partial charge in [-0.2, -0.15) is 13.2 Å². The molecule has 0 saturated heterocycles. The highest BCUT2D eigenvalue weighted by Crippen LogP contribution is 2.35. The zero-order chi connectivity index (χ0) is 24.5. The summed E-state index contributed by atoms with van der Waals surface area (Å²) in [6.07, 6.45) is -4.40. The van der Waals surface area contributed by atoms with E-state index >= 15 is 0 Å². The van der Waals surface area contributed by atoms with Gasteiger partial charge in [-0.1, -0.05) is 29.8 Å². The van der Waals surface area contributed by atoms with Crippen LogP contribution < -0.4 is 9.47 Å². The summed E-state index contributed by atoms with van der Waals surface area (Å²) < 4.78 is 50.2. The van der Waals surface area contributed by atoms with Crippen LogP contribution in [0.15, 0.2) is 66.7 Å². The molecule has 4 rings (SSSR count). The molecule has 34 heavy (non-hydrogen) atoms. The maximum absolute atomic E-state index is 13.2. The molecule has 1 amide bonds. The van der Waals surface area contributed by atoms with Crippen LogP contribution >= 0.6 is 11.6 Å². The van der Waals surface area contributed by atoms with Crippen LogP contribution in [0.5, 0.6) is 11.5 Å². The fourth-order valence-electron chi connectivity index (χ4n) is 3.87. The molecule has 1 aliphatic rings. The first-order valence-electron chi connectivity index (χ1n) is 10.8. The van der Waals surface area contributed by atoms with Crippen LogP contribution in [-0.4, -0.2) is 23.5 Å². The van der Waals surface area contributed by atoms with Crippen molar-refractivity contribution in [3.05, 3.63) is 94.0 Å². The van der Waals surface area contributed by atoms with Crippen molar-refractivity contribution in [2.75, 3.05) is 6.61 Å². The molecule has 0 aliphatic carbocycles. The highest BCUT2D eigenvalue weighted by atomic mass is 35.5. The van der Waals surface area contributed by atoms with Crippen molar-refractivity contribution in [1.82, 2.24) is 4.90 Å². The summed E-state index contributed by atoms with van der Waals surface area (Å²) in [4.78, 5) is 14.9. The molecule has 3 aromatic rings. The van der Waals surface area contributed by atoms with Gasteiger partial charge in [-0.05, 0) is 73.5 Å². The largest absolute Gasteiger partial charge is 0.491 e. The molecule has 1 aliphatic heterocycles. The maximum atomic E-state index is 13.2. The fourth-order valence-corrected chi connectivity index (χ4v) is 4.04. The molecule has 8 heteroatoms. The van der Waals surface area contributed by atoms with Crippen LogP contribution in [0, 0.1) is 0 Å². The third kappa shape index (κ3) is 5.30. The Bertz CT molecular complexity index is 1160. The number of ether oxygens (including phenoxy) is 2. The number of carbonyl (C=O) groups is 1. The highest BCUT2D eigenvalue weighted by Gasteiger charge is 2.34. The summed E-state index contributed by atoms with van der Waals surface area (Å²) in [6.45, 7) is 4.29. The van der Waals surface area contributed by atoms with E-state index in [0.717, 1.165) is 23.3 Å². The van der Waals surface area contributed by atoms with Crippen LogP contribution in [0.25, 0.3) is 0 Å². The number of alkyl halides is 3. The van der Waals surface area contributed by atoms with Crippen molar-refractivity contribution in [2.45, 2.75) is 38.7 Å². The van der Waals surface area contributed by atoms with E-state index < -0.39 is 17.8 Å². The van der Waals surface area contributed by atoms with Crippen molar-refractivity contribution in [1.29, 1.82) is 0 Å². The summed E-state index contributed by atoms with van der Waals surface area (Å²) in [5.74, 6) is 0.801. The Morgan fingerprint density at radius 1 is 0.971 bits per heavy atom. The van der Waals surface area contributed by atoms with Crippen LogP contribution in [0.3, 0.4) is 0 Å². The zero-order valence-corrected chi connectivity index (χ0v) is 19.4. The second-order valence-electron chi connectivity index (χ2n) is 8.32. The number of benzene rings is 3. The lowest BCUT2D eigenvalue weighted by Crippen LogP contribution is -2.33. The normalized spacial score (nSPS) is 14.3. The molecule has 4 nitrogen and oxygen atoms in total. The molecule has 0 fully saturated rings. The average molecular weight is 490 g/mol. The standard InChI is InChI=1S/C26H23ClF3NO3/c1-16(2)34-22-9-4-17(5-10-22)24(15-33-21-11-6-19(7-12-21)26(28,29)30)31-14-18-3-8-20(27)13-23(18)25(31)32/h3-13,16,24H,14-15H2,1-2H3. The Balaban J connectivity index is 1.59. The minimum Gasteiger partial charge on any atom is -0.491 e. The van der Waals surface area contributed by atoms with Crippen molar-refractivity contribution in [3.63, 3.8) is 0 Å². The van der Waals surface area contributed by atoms with Gasteiger partial charge in [0.15, 0.2) is 0 Å². The average Bonchev–Trinajstić information content (AvgIpc) is 3.10. The minimum absolute atomic E-state index is 0.0176. The van der Waals surface area contributed by atoms with E-state index in [4.69, 9.17) is 21.1 Å². The Kier molecular flexibility index (Phi) is 6.75. The number of hydrogen-bond donors (Lipinski definition) is 0. The molecule has 1 unspecified atom stereocenters. The summed E-state index contributed by atoms with van der Waals surface area (Å²) in [6, 6.07) is 16.6. The number of carbonyl (C=O) groups excluding carboxylic acids is 1. The number of halogens is 4. The van der Waals surface area contributed by atoms with E-state index in [1.54, 1.807) is 17.0 Å². The van der Waals surface area contributed by atoms with Crippen molar-refractivity contribution in [2.24, 2.45) is 0 Å². The summed E-state index contributed by atoms with van der Waals surface area (Å²) in [5, 5.41) is 0.474. The lowest BCUT2D eigenvalue weighted by Gasteiger charge is -2.28. The molecule has 0 saturated carbocycles. The molecular formula is C26H23ClF3NO3. The van der Waals surface area contributed by atoms with Gasteiger partial charge in [0, 0.05) is 17.1 Å². The minimum atomic E-state index is -4.42. The molecule has 0 N–H and O–H groups in total. The maximum Gasteiger partial charge on any atom is 0.416 e. The Labute approximate surface area is 200 Å². The van der Waals surface area contributed by atoms with E-state index in [0.29, 0.717) is 22.9 Å². The highest BCUT2D eigenvalue weighted by molar-refractivity contribution is 6.31. The lowest BCUT2D eigenvalue weighted by atomic mass is 10.1. The predicted molar refractivity (Wildman–Crippen MR) is 123 cm³/mol. The van der Waals surface area contributed by atoms with Crippen molar-refractivity contribution >= 4 is 17.5 Å². The van der Waals surface area contributed by atoms with E-state index in [1.807, 2.05) is 44.2 Å². The van der Waals surface area contributed by atoms with Crippen molar-refractivity contribution in [3.8, 4) is 11.5 Å². The number of hydrogen-bond acceptors (Lipinski definition) is 3. The zero-order valence-electron chi connectivity index (χ0n) is 18.6. The molecule has 1 heterocycles. The van der Waals surface area contributed by atoms with Gasteiger partial charge in [0.05, 0.1) is 17.7 Å². The number of rotatable bonds is 7. The molecular weight excluding hydrogens is 467 g/mol. The van der Waals surface area contributed by atoms with Gasteiger partial charge >= 0.3 is 6.18 Å². The van der Waals surface area contributed by atoms with Gasteiger partial charge in [-0.15, -0.1) is 0 Å². The Morgan fingerprint density at radius 3 is 2.24 bits per heavy atom. The van der Waals surface area contributed by atoms with Crippen LogP contribution in [-0.2, 0) is 12.7 Å². The number of nitrogens with zero attached hydrogens (tertiary/aromatic N) is 1. The first-order valence-corrected chi connectivity index (χ1v) is 11.2. The van der Waals surface area contributed by atoms with Gasteiger partial charge < -0.3 is 14.4 Å². The molecule has 0 spiro atoms. The summed E-state index contributed by atoms with van der Waals surface area (Å²) >= 11 is 6.09. The van der Waals surface area contributed by atoms with Gasteiger partial charge in [0.2, 0.25) is 0 Å². The summed E-state index contributed by atoms with van der Waals surface area (Å²) in [5.41, 5.74) is 1.45. The van der Waals surface area contributed by atoms with Crippen LogP contribution in [0.2, 0.25) is 5.02 Å². The first kappa shape index (κ1) is 24.0. The Morgan fingerprint density at radius 2 is 1.62 bits per heavy atom. The monoisotopic (exact) mass is 489 g/mol.